The Hall–Kier alpha value is -2.06. The lowest BCUT2D eigenvalue weighted by atomic mass is 9.98. The lowest BCUT2D eigenvalue weighted by molar-refractivity contribution is 0.754. The van der Waals surface area contributed by atoms with Crippen molar-refractivity contribution >= 4 is 10.9 Å². The van der Waals surface area contributed by atoms with Crippen LogP contribution in [0.2, 0.25) is 0 Å². The Kier molecular flexibility index (Phi) is 3.70. The van der Waals surface area contributed by atoms with Gasteiger partial charge in [-0.25, -0.2) is 0 Å². The number of aromatic nitrogens is 1. The highest BCUT2D eigenvalue weighted by Crippen LogP contribution is 2.31. The predicted octanol–water partition coefficient (Wildman–Crippen LogP) is 4.38. The number of nitrogens with one attached hydrogen (secondary N) is 1. The second kappa shape index (κ2) is 5.86. The van der Waals surface area contributed by atoms with Crippen molar-refractivity contribution < 1.29 is 0 Å². The van der Waals surface area contributed by atoms with Crippen LogP contribution in [0.5, 0.6) is 0 Å². The third-order valence-corrected chi connectivity index (χ3v) is 4.95. The molecule has 1 aromatic heterocycles. The highest BCUT2D eigenvalue weighted by atomic mass is 15.0. The molecule has 1 unspecified atom stereocenters. The highest BCUT2D eigenvalue weighted by molar-refractivity contribution is 5.84. The Labute approximate surface area is 138 Å². The highest BCUT2D eigenvalue weighted by Gasteiger charge is 2.21. The number of nitrogens with zero attached hydrogens (tertiary/aromatic N) is 1. The third-order valence-electron chi connectivity index (χ3n) is 4.95. The number of para-hydroxylation sites is 1. The van der Waals surface area contributed by atoms with E-state index in [1.807, 2.05) is 0 Å². The monoisotopic (exact) mass is 304 g/mol. The fraction of sp³-hybridized carbons (Fsp3) is 0.333. The van der Waals surface area contributed by atoms with Crippen LogP contribution in [-0.2, 0) is 6.54 Å². The van der Waals surface area contributed by atoms with Crippen LogP contribution in [0.1, 0.15) is 34.6 Å². The first kappa shape index (κ1) is 14.5. The zero-order chi connectivity index (χ0) is 15.8. The van der Waals surface area contributed by atoms with Crippen LogP contribution in [0.3, 0.4) is 0 Å². The van der Waals surface area contributed by atoms with E-state index in [0.717, 1.165) is 19.6 Å². The van der Waals surface area contributed by atoms with E-state index in [1.54, 1.807) is 0 Å². The maximum atomic E-state index is 3.50. The Morgan fingerprint density at radius 2 is 1.87 bits per heavy atom. The van der Waals surface area contributed by atoms with E-state index in [0.29, 0.717) is 5.92 Å². The molecule has 2 nitrogen and oxygen atoms in total. The minimum atomic E-state index is 0.653. The molecular formula is C21H24N2. The van der Waals surface area contributed by atoms with Crippen molar-refractivity contribution in [2.45, 2.75) is 32.7 Å². The summed E-state index contributed by atoms with van der Waals surface area (Å²) in [6.07, 6.45) is 3.64. The van der Waals surface area contributed by atoms with Gasteiger partial charge in [0.1, 0.15) is 0 Å². The zero-order valence-corrected chi connectivity index (χ0v) is 14.0. The molecule has 1 fully saturated rings. The molecule has 1 saturated heterocycles. The molecule has 1 aliphatic rings. The summed E-state index contributed by atoms with van der Waals surface area (Å²) in [5.41, 5.74) is 6.94. The van der Waals surface area contributed by atoms with Gasteiger partial charge in [-0.1, -0.05) is 47.5 Å². The smallest absolute Gasteiger partial charge is 0.0486 e. The molecule has 2 heteroatoms. The normalized spacial score (nSPS) is 17.9. The fourth-order valence-electron chi connectivity index (χ4n) is 4.01. The van der Waals surface area contributed by atoms with Crippen LogP contribution in [-0.4, -0.2) is 17.7 Å². The third kappa shape index (κ3) is 2.79. The lowest BCUT2D eigenvalue weighted by Crippen LogP contribution is -2.07. The number of benzene rings is 2. The van der Waals surface area contributed by atoms with E-state index in [2.05, 4.69) is 72.4 Å². The molecule has 0 radical (unpaired) electrons. The molecule has 3 aromatic rings. The topological polar surface area (TPSA) is 17.0 Å². The maximum absolute atomic E-state index is 3.50. The van der Waals surface area contributed by atoms with E-state index >= 15 is 0 Å². The van der Waals surface area contributed by atoms with E-state index in [9.17, 15) is 0 Å². The molecule has 2 aromatic carbocycles. The van der Waals surface area contributed by atoms with Crippen molar-refractivity contribution in [1.82, 2.24) is 9.88 Å². The van der Waals surface area contributed by atoms with Crippen molar-refractivity contribution in [2.75, 3.05) is 13.1 Å². The van der Waals surface area contributed by atoms with Crippen molar-refractivity contribution in [3.8, 4) is 0 Å². The second-order valence-corrected chi connectivity index (χ2v) is 6.92. The molecule has 4 rings (SSSR count). The summed E-state index contributed by atoms with van der Waals surface area (Å²) in [5, 5.41) is 4.92. The van der Waals surface area contributed by atoms with Gasteiger partial charge < -0.3 is 9.88 Å². The summed E-state index contributed by atoms with van der Waals surface area (Å²) < 4.78 is 2.43. The van der Waals surface area contributed by atoms with Crippen molar-refractivity contribution in [2.24, 2.45) is 0 Å². The summed E-state index contributed by atoms with van der Waals surface area (Å²) in [6, 6.07) is 15.7. The van der Waals surface area contributed by atoms with Crippen LogP contribution in [0.4, 0.5) is 0 Å². The molecule has 0 saturated carbocycles. The first-order chi connectivity index (χ1) is 11.2. The van der Waals surface area contributed by atoms with Crippen LogP contribution in [0.25, 0.3) is 10.9 Å². The molecule has 23 heavy (non-hydrogen) atoms. The van der Waals surface area contributed by atoms with Crippen LogP contribution < -0.4 is 5.32 Å². The minimum Gasteiger partial charge on any atom is -0.343 e. The number of hydrogen-bond acceptors (Lipinski definition) is 1. The number of rotatable bonds is 3. The van der Waals surface area contributed by atoms with Gasteiger partial charge in [0.05, 0.1) is 0 Å². The molecule has 118 valence electrons. The van der Waals surface area contributed by atoms with Gasteiger partial charge in [0.2, 0.25) is 0 Å². The summed E-state index contributed by atoms with van der Waals surface area (Å²) in [6.45, 7) is 7.56. The first-order valence-corrected chi connectivity index (χ1v) is 8.56. The van der Waals surface area contributed by atoms with Gasteiger partial charge in [-0.2, -0.15) is 0 Å². The maximum Gasteiger partial charge on any atom is 0.0486 e. The molecule has 1 atom stereocenters. The fourth-order valence-corrected chi connectivity index (χ4v) is 4.01. The van der Waals surface area contributed by atoms with E-state index in [-0.39, 0.29) is 0 Å². The average Bonchev–Trinajstić information content (AvgIpc) is 3.14. The molecular weight excluding hydrogens is 280 g/mol. The Morgan fingerprint density at radius 3 is 2.61 bits per heavy atom. The van der Waals surface area contributed by atoms with Crippen LogP contribution >= 0.6 is 0 Å². The summed E-state index contributed by atoms with van der Waals surface area (Å²) in [4.78, 5) is 0. The molecule has 0 bridgehead atoms. The minimum absolute atomic E-state index is 0.653. The van der Waals surface area contributed by atoms with Gasteiger partial charge >= 0.3 is 0 Å². The Morgan fingerprint density at radius 1 is 1.09 bits per heavy atom. The van der Waals surface area contributed by atoms with Gasteiger partial charge in [-0.05, 0) is 49.9 Å². The Bertz CT molecular complexity index is 818. The molecule has 0 spiro atoms. The second-order valence-electron chi connectivity index (χ2n) is 6.92. The van der Waals surface area contributed by atoms with Gasteiger partial charge in [0, 0.05) is 30.2 Å². The van der Waals surface area contributed by atoms with Gasteiger partial charge in [-0.15, -0.1) is 0 Å². The van der Waals surface area contributed by atoms with E-state index in [1.165, 1.54) is 39.6 Å². The first-order valence-electron chi connectivity index (χ1n) is 8.56. The molecule has 0 amide bonds. The SMILES string of the molecule is Cc1cc(C)cc(Cn2cc(C3CCNC3)c3ccccc32)c1. The van der Waals surface area contributed by atoms with Gasteiger partial charge in [-0.3, -0.25) is 0 Å². The summed E-state index contributed by atoms with van der Waals surface area (Å²) >= 11 is 0. The summed E-state index contributed by atoms with van der Waals surface area (Å²) in [7, 11) is 0. The molecule has 0 aliphatic carbocycles. The van der Waals surface area contributed by atoms with E-state index in [4.69, 9.17) is 0 Å². The van der Waals surface area contributed by atoms with Crippen molar-refractivity contribution in [3.63, 3.8) is 0 Å². The summed E-state index contributed by atoms with van der Waals surface area (Å²) in [5.74, 6) is 0.653. The standard InChI is InChI=1S/C21H24N2/c1-15-9-16(2)11-17(10-15)13-23-14-20(18-7-8-22-12-18)19-5-3-4-6-21(19)23/h3-6,9-11,14,18,22H,7-8,12-13H2,1-2H3. The average molecular weight is 304 g/mol. The largest absolute Gasteiger partial charge is 0.343 e. The van der Waals surface area contributed by atoms with Crippen LogP contribution in [0, 0.1) is 13.8 Å². The lowest BCUT2D eigenvalue weighted by Gasteiger charge is -2.08. The molecule has 1 N–H and O–H groups in total. The van der Waals surface area contributed by atoms with Gasteiger partial charge in [0.25, 0.3) is 0 Å². The molecule has 2 heterocycles. The molecule has 1 aliphatic heterocycles. The predicted molar refractivity (Wildman–Crippen MR) is 97.2 cm³/mol. The zero-order valence-electron chi connectivity index (χ0n) is 14.0. The van der Waals surface area contributed by atoms with Crippen molar-refractivity contribution in [3.05, 3.63) is 70.9 Å². The van der Waals surface area contributed by atoms with Gasteiger partial charge in [0.15, 0.2) is 0 Å². The van der Waals surface area contributed by atoms with E-state index < -0.39 is 0 Å². The number of aryl methyl sites for hydroxylation is 2. The van der Waals surface area contributed by atoms with Crippen molar-refractivity contribution in [1.29, 1.82) is 0 Å². The number of fused-ring (bicyclic) bond motifs is 1. The Balaban J connectivity index is 1.77. The number of hydrogen-bond donors (Lipinski definition) is 1. The van der Waals surface area contributed by atoms with Crippen LogP contribution in [0.15, 0.2) is 48.7 Å². The quantitative estimate of drug-likeness (QED) is 0.759.